The molecule has 2 aromatic carbocycles. The molecule has 1 heterocycles. The van der Waals surface area contributed by atoms with Crippen LogP contribution < -0.4 is 0 Å². The first-order chi connectivity index (χ1) is 8.83. The van der Waals surface area contributed by atoms with E-state index >= 15 is 0 Å². The van der Waals surface area contributed by atoms with E-state index in [0.717, 1.165) is 21.6 Å². The van der Waals surface area contributed by atoms with E-state index in [1.54, 1.807) is 30.2 Å². The van der Waals surface area contributed by atoms with Crippen molar-refractivity contribution < 1.29 is 8.81 Å². The van der Waals surface area contributed by atoms with Gasteiger partial charge in [-0.25, -0.2) is 4.39 Å². The van der Waals surface area contributed by atoms with Gasteiger partial charge in [0.05, 0.1) is 6.26 Å². The van der Waals surface area contributed by atoms with E-state index in [2.05, 4.69) is 6.07 Å². The number of hydrogen-bond acceptors (Lipinski definition) is 2. The van der Waals surface area contributed by atoms with Crippen LogP contribution in [0.15, 0.2) is 64.1 Å². The van der Waals surface area contributed by atoms with E-state index in [4.69, 9.17) is 4.42 Å². The minimum atomic E-state index is -0.201. The number of para-hydroxylation sites is 1. The Hall–Kier alpha value is -1.74. The zero-order chi connectivity index (χ0) is 12.4. The number of rotatable bonds is 3. The molecule has 1 aromatic heterocycles. The van der Waals surface area contributed by atoms with Gasteiger partial charge in [-0.3, -0.25) is 0 Å². The molecule has 0 spiro atoms. The molecule has 0 atom stereocenters. The van der Waals surface area contributed by atoms with Gasteiger partial charge >= 0.3 is 0 Å². The second kappa shape index (κ2) is 4.86. The molecule has 90 valence electrons. The Balaban J connectivity index is 1.79. The second-order valence-electron chi connectivity index (χ2n) is 4.00. The SMILES string of the molecule is Fc1ccc(SCc2coc3ccccc23)cc1. The van der Waals surface area contributed by atoms with Crippen molar-refractivity contribution >= 4 is 22.7 Å². The summed E-state index contributed by atoms with van der Waals surface area (Å²) < 4.78 is 18.3. The molecule has 0 fully saturated rings. The molecular formula is C15H11FOS. The zero-order valence-electron chi connectivity index (χ0n) is 9.60. The van der Waals surface area contributed by atoms with E-state index in [0.29, 0.717) is 0 Å². The first-order valence-electron chi connectivity index (χ1n) is 5.66. The van der Waals surface area contributed by atoms with Gasteiger partial charge in [-0.1, -0.05) is 18.2 Å². The topological polar surface area (TPSA) is 13.1 Å². The Labute approximate surface area is 109 Å². The second-order valence-corrected chi connectivity index (χ2v) is 5.05. The van der Waals surface area contributed by atoms with Crippen LogP contribution >= 0.6 is 11.8 Å². The van der Waals surface area contributed by atoms with E-state index in [1.807, 2.05) is 18.2 Å². The van der Waals surface area contributed by atoms with Crippen LogP contribution in [0.25, 0.3) is 11.0 Å². The quantitative estimate of drug-likeness (QED) is 0.622. The lowest BCUT2D eigenvalue weighted by Crippen LogP contribution is -1.79. The van der Waals surface area contributed by atoms with Gasteiger partial charge in [0.15, 0.2) is 0 Å². The van der Waals surface area contributed by atoms with Gasteiger partial charge in [0.25, 0.3) is 0 Å². The fraction of sp³-hybridized carbons (Fsp3) is 0.0667. The zero-order valence-corrected chi connectivity index (χ0v) is 10.4. The number of fused-ring (bicyclic) bond motifs is 1. The molecule has 0 saturated carbocycles. The van der Waals surface area contributed by atoms with Crippen LogP contribution in [0.4, 0.5) is 4.39 Å². The van der Waals surface area contributed by atoms with Crippen molar-refractivity contribution in [2.24, 2.45) is 0 Å². The van der Waals surface area contributed by atoms with Crippen LogP contribution in [0.5, 0.6) is 0 Å². The monoisotopic (exact) mass is 258 g/mol. The average Bonchev–Trinajstić information content (AvgIpc) is 2.82. The van der Waals surface area contributed by atoms with Crippen molar-refractivity contribution in [2.75, 3.05) is 0 Å². The Morgan fingerprint density at radius 1 is 1.00 bits per heavy atom. The standard InChI is InChI=1S/C15H11FOS/c16-12-5-7-13(8-6-12)18-10-11-9-17-15-4-2-1-3-14(11)15/h1-9H,10H2. The predicted molar refractivity (Wildman–Crippen MR) is 72.2 cm³/mol. The highest BCUT2D eigenvalue weighted by atomic mass is 32.2. The summed E-state index contributed by atoms with van der Waals surface area (Å²) in [6.45, 7) is 0. The molecule has 0 aliphatic carbocycles. The molecule has 0 amide bonds. The summed E-state index contributed by atoms with van der Waals surface area (Å²) in [5.74, 6) is 0.621. The van der Waals surface area contributed by atoms with Crippen molar-refractivity contribution in [3.05, 3.63) is 66.2 Å². The third-order valence-corrected chi connectivity index (χ3v) is 3.83. The Morgan fingerprint density at radius 3 is 2.61 bits per heavy atom. The van der Waals surface area contributed by atoms with Crippen LogP contribution in [0, 0.1) is 5.82 Å². The normalized spacial score (nSPS) is 10.9. The van der Waals surface area contributed by atoms with Crippen molar-refractivity contribution in [3.63, 3.8) is 0 Å². The maximum absolute atomic E-state index is 12.8. The van der Waals surface area contributed by atoms with Gasteiger partial charge in [-0.2, -0.15) is 0 Å². The van der Waals surface area contributed by atoms with Crippen molar-refractivity contribution in [3.8, 4) is 0 Å². The maximum atomic E-state index is 12.8. The van der Waals surface area contributed by atoms with Gasteiger partial charge < -0.3 is 4.42 Å². The van der Waals surface area contributed by atoms with Gasteiger partial charge in [0.2, 0.25) is 0 Å². The molecule has 3 rings (SSSR count). The highest BCUT2D eigenvalue weighted by Gasteiger charge is 2.05. The van der Waals surface area contributed by atoms with E-state index in [-0.39, 0.29) is 5.82 Å². The molecule has 3 aromatic rings. The maximum Gasteiger partial charge on any atom is 0.134 e. The lowest BCUT2D eigenvalue weighted by molar-refractivity contribution is 0.612. The molecule has 18 heavy (non-hydrogen) atoms. The number of halogens is 1. The molecule has 0 saturated heterocycles. The summed E-state index contributed by atoms with van der Waals surface area (Å²) in [6, 6.07) is 14.5. The van der Waals surface area contributed by atoms with E-state index in [1.165, 1.54) is 17.7 Å². The highest BCUT2D eigenvalue weighted by molar-refractivity contribution is 7.98. The van der Waals surface area contributed by atoms with Crippen molar-refractivity contribution in [1.29, 1.82) is 0 Å². The fourth-order valence-corrected chi connectivity index (χ4v) is 2.71. The summed E-state index contributed by atoms with van der Waals surface area (Å²) in [4.78, 5) is 1.06. The number of furan rings is 1. The minimum Gasteiger partial charge on any atom is -0.464 e. The molecular weight excluding hydrogens is 247 g/mol. The van der Waals surface area contributed by atoms with Crippen LogP contribution in [0.3, 0.4) is 0 Å². The van der Waals surface area contributed by atoms with Crippen LogP contribution in [-0.2, 0) is 5.75 Å². The molecule has 1 nitrogen and oxygen atoms in total. The van der Waals surface area contributed by atoms with Crippen LogP contribution in [0.1, 0.15) is 5.56 Å². The largest absolute Gasteiger partial charge is 0.464 e. The third-order valence-electron chi connectivity index (χ3n) is 2.77. The summed E-state index contributed by atoms with van der Waals surface area (Å²) >= 11 is 1.68. The fourth-order valence-electron chi connectivity index (χ4n) is 1.84. The van der Waals surface area contributed by atoms with Gasteiger partial charge in [-0.15, -0.1) is 11.8 Å². The van der Waals surface area contributed by atoms with Crippen molar-refractivity contribution in [1.82, 2.24) is 0 Å². The number of hydrogen-bond donors (Lipinski definition) is 0. The first-order valence-corrected chi connectivity index (χ1v) is 6.65. The first kappa shape index (κ1) is 11.4. The van der Waals surface area contributed by atoms with Crippen LogP contribution in [0.2, 0.25) is 0 Å². The number of thioether (sulfide) groups is 1. The Kier molecular flexibility index (Phi) is 3.07. The minimum absolute atomic E-state index is 0.201. The molecule has 0 aliphatic rings. The molecule has 0 radical (unpaired) electrons. The molecule has 3 heteroatoms. The lowest BCUT2D eigenvalue weighted by atomic mass is 10.2. The summed E-state index contributed by atoms with van der Waals surface area (Å²) in [5.41, 5.74) is 2.08. The van der Waals surface area contributed by atoms with Crippen LogP contribution in [-0.4, -0.2) is 0 Å². The van der Waals surface area contributed by atoms with E-state index < -0.39 is 0 Å². The van der Waals surface area contributed by atoms with Gasteiger partial charge in [0.1, 0.15) is 11.4 Å². The van der Waals surface area contributed by atoms with E-state index in [9.17, 15) is 4.39 Å². The summed E-state index contributed by atoms with van der Waals surface area (Å²) in [5, 5.41) is 1.15. The summed E-state index contributed by atoms with van der Waals surface area (Å²) in [6.07, 6.45) is 1.79. The number of benzene rings is 2. The third kappa shape index (κ3) is 2.27. The Morgan fingerprint density at radius 2 is 1.78 bits per heavy atom. The van der Waals surface area contributed by atoms with Gasteiger partial charge in [0, 0.05) is 21.6 Å². The van der Waals surface area contributed by atoms with Gasteiger partial charge in [-0.05, 0) is 30.3 Å². The highest BCUT2D eigenvalue weighted by Crippen LogP contribution is 2.28. The predicted octanol–water partition coefficient (Wildman–Crippen LogP) is 4.86. The average molecular weight is 258 g/mol. The molecule has 0 N–H and O–H groups in total. The Bertz CT molecular complexity index is 658. The smallest absolute Gasteiger partial charge is 0.134 e. The lowest BCUT2D eigenvalue weighted by Gasteiger charge is -2.00. The molecule has 0 aliphatic heterocycles. The van der Waals surface area contributed by atoms with Crippen molar-refractivity contribution in [2.45, 2.75) is 10.6 Å². The molecule has 0 unspecified atom stereocenters. The molecule has 0 bridgehead atoms. The summed E-state index contributed by atoms with van der Waals surface area (Å²) in [7, 11) is 0.